The number of piperidine rings is 1. The van der Waals surface area contributed by atoms with E-state index in [0.717, 1.165) is 0 Å². The maximum absolute atomic E-state index is 12.4. The van der Waals surface area contributed by atoms with Crippen molar-refractivity contribution in [1.29, 1.82) is 0 Å². The third-order valence-electron chi connectivity index (χ3n) is 4.13. The first kappa shape index (κ1) is 16.9. The van der Waals surface area contributed by atoms with Crippen LogP contribution in [0.1, 0.15) is 12.8 Å². The van der Waals surface area contributed by atoms with E-state index in [1.54, 1.807) is 0 Å². The lowest BCUT2D eigenvalue weighted by Crippen LogP contribution is -2.60. The molecule has 0 aliphatic carbocycles. The van der Waals surface area contributed by atoms with Gasteiger partial charge in [0.05, 0.1) is 19.1 Å². The van der Waals surface area contributed by atoms with Crippen molar-refractivity contribution in [3.8, 4) is 0 Å². The molecule has 134 valence electrons. The third-order valence-corrected chi connectivity index (χ3v) is 4.48. The van der Waals surface area contributed by atoms with Crippen molar-refractivity contribution < 1.29 is 31.6 Å². The zero-order valence-electron chi connectivity index (χ0n) is 12.5. The number of amides is 4. The molecule has 3 saturated heterocycles. The summed E-state index contributed by atoms with van der Waals surface area (Å²) in [4.78, 5) is 37.5. The smallest absolute Gasteiger partial charge is 0.309 e. The van der Waals surface area contributed by atoms with Gasteiger partial charge < -0.3 is 10.2 Å². The van der Waals surface area contributed by atoms with Crippen LogP contribution in [-0.2, 0) is 24.3 Å². The van der Waals surface area contributed by atoms with Crippen LogP contribution in [0.25, 0.3) is 0 Å². The van der Waals surface area contributed by atoms with Crippen LogP contribution in [0.2, 0.25) is 0 Å². The molecule has 0 radical (unpaired) electrons. The van der Waals surface area contributed by atoms with Gasteiger partial charge in [-0.25, -0.2) is 4.79 Å². The highest BCUT2D eigenvalue weighted by molar-refractivity contribution is 7.80. The number of hydroxylamine groups is 2. The van der Waals surface area contributed by atoms with E-state index < -0.39 is 34.4 Å². The van der Waals surface area contributed by atoms with E-state index in [1.165, 1.54) is 9.91 Å². The maximum atomic E-state index is 12.4. The molecule has 13 heteroatoms. The summed E-state index contributed by atoms with van der Waals surface area (Å²) < 4.78 is 34.7. The van der Waals surface area contributed by atoms with Crippen molar-refractivity contribution in [1.82, 2.24) is 25.7 Å². The van der Waals surface area contributed by atoms with Crippen LogP contribution in [0.5, 0.6) is 0 Å². The molecule has 0 saturated carbocycles. The number of carbonyl (C=O) groups is 3. The molecule has 1 unspecified atom stereocenters. The standard InChI is InChI=1S/C11H17N5O7S/c17-9-5-12-3-4-15(9)13-10(18)8-2-1-7-6-14(8)11(19)16(7)23-24(20,21)22/h7-8,12H,1-6H2,(H,13,18)(H,20,21,22)/t7?,8-/m0/s1. The molecule has 3 aliphatic heterocycles. The molecule has 2 bridgehead atoms. The Labute approximate surface area is 137 Å². The number of fused-ring (bicyclic) bond motifs is 2. The number of hydrogen-bond acceptors (Lipinski definition) is 7. The Morgan fingerprint density at radius 1 is 1.33 bits per heavy atom. The predicted octanol–water partition coefficient (Wildman–Crippen LogP) is -2.55. The van der Waals surface area contributed by atoms with Crippen molar-refractivity contribution in [2.45, 2.75) is 24.9 Å². The lowest BCUT2D eigenvalue weighted by atomic mass is 10.0. The van der Waals surface area contributed by atoms with Crippen molar-refractivity contribution in [3.63, 3.8) is 0 Å². The number of nitrogens with one attached hydrogen (secondary N) is 2. The Morgan fingerprint density at radius 2 is 2.08 bits per heavy atom. The molecule has 3 heterocycles. The number of piperazine rings is 1. The normalized spacial score (nSPS) is 27.6. The van der Waals surface area contributed by atoms with E-state index >= 15 is 0 Å². The molecule has 3 N–H and O–H groups in total. The average Bonchev–Trinajstić information content (AvgIpc) is 2.73. The van der Waals surface area contributed by atoms with E-state index in [0.29, 0.717) is 24.6 Å². The van der Waals surface area contributed by atoms with Gasteiger partial charge >= 0.3 is 16.4 Å². The van der Waals surface area contributed by atoms with E-state index in [4.69, 9.17) is 4.55 Å². The van der Waals surface area contributed by atoms with Gasteiger partial charge in [-0.2, -0.15) is 13.5 Å². The number of urea groups is 1. The minimum atomic E-state index is -4.83. The van der Waals surface area contributed by atoms with Gasteiger partial charge in [0.1, 0.15) is 6.04 Å². The van der Waals surface area contributed by atoms with Gasteiger partial charge in [-0.15, -0.1) is 4.28 Å². The van der Waals surface area contributed by atoms with Crippen LogP contribution in [0, 0.1) is 0 Å². The zero-order valence-corrected chi connectivity index (χ0v) is 13.4. The minimum Gasteiger partial charge on any atom is -0.309 e. The number of hydrazine groups is 1. The second kappa shape index (κ2) is 6.16. The highest BCUT2D eigenvalue weighted by Gasteiger charge is 2.49. The van der Waals surface area contributed by atoms with E-state index in [9.17, 15) is 22.8 Å². The Hall–Kier alpha value is -1.96. The quantitative estimate of drug-likeness (QED) is 0.462. The summed E-state index contributed by atoms with van der Waals surface area (Å²) in [6, 6.07) is -2.22. The zero-order chi connectivity index (χ0) is 17.5. The van der Waals surface area contributed by atoms with Gasteiger partial charge in [-0.05, 0) is 12.8 Å². The number of rotatable bonds is 4. The van der Waals surface area contributed by atoms with Gasteiger partial charge in [0.25, 0.3) is 11.8 Å². The van der Waals surface area contributed by atoms with Crippen LogP contribution < -0.4 is 10.7 Å². The molecule has 2 atom stereocenters. The number of nitrogens with zero attached hydrogens (tertiary/aromatic N) is 3. The van der Waals surface area contributed by atoms with Gasteiger partial charge in [-0.3, -0.25) is 24.6 Å². The van der Waals surface area contributed by atoms with E-state index in [2.05, 4.69) is 15.0 Å². The first-order chi connectivity index (χ1) is 11.3. The largest absolute Gasteiger partial charge is 0.418 e. The average molecular weight is 363 g/mol. The van der Waals surface area contributed by atoms with Crippen LogP contribution >= 0.6 is 0 Å². The fourth-order valence-corrected chi connectivity index (χ4v) is 3.42. The summed E-state index contributed by atoms with van der Waals surface area (Å²) in [6.45, 7) is 1.07. The first-order valence-electron chi connectivity index (χ1n) is 7.34. The van der Waals surface area contributed by atoms with Crippen molar-refractivity contribution in [2.75, 3.05) is 26.2 Å². The van der Waals surface area contributed by atoms with E-state index in [1.807, 2.05) is 0 Å². The third kappa shape index (κ3) is 3.28. The number of carbonyl (C=O) groups excluding carboxylic acids is 3. The Balaban J connectivity index is 1.67. The molecule has 3 fully saturated rings. The summed E-state index contributed by atoms with van der Waals surface area (Å²) in [6.07, 6.45) is 0.610. The Bertz CT molecular complexity index is 668. The predicted molar refractivity (Wildman–Crippen MR) is 76.1 cm³/mol. The molecule has 0 aromatic heterocycles. The Morgan fingerprint density at radius 3 is 2.75 bits per heavy atom. The monoisotopic (exact) mass is 363 g/mol. The van der Waals surface area contributed by atoms with Gasteiger partial charge in [-0.1, -0.05) is 0 Å². The van der Waals surface area contributed by atoms with Crippen molar-refractivity contribution in [2.24, 2.45) is 0 Å². The maximum Gasteiger partial charge on any atom is 0.418 e. The van der Waals surface area contributed by atoms with Gasteiger partial charge in [0.2, 0.25) is 0 Å². The molecule has 0 aromatic carbocycles. The summed E-state index contributed by atoms with van der Waals surface area (Å²) in [7, 11) is -4.83. The molecule has 4 amide bonds. The summed E-state index contributed by atoms with van der Waals surface area (Å²) in [5.41, 5.74) is 2.49. The lowest BCUT2D eigenvalue weighted by molar-refractivity contribution is -0.144. The second-order valence-electron chi connectivity index (χ2n) is 5.71. The molecule has 3 aliphatic rings. The van der Waals surface area contributed by atoms with Crippen LogP contribution in [0.15, 0.2) is 0 Å². The molecule has 0 spiro atoms. The van der Waals surface area contributed by atoms with E-state index in [-0.39, 0.29) is 25.4 Å². The van der Waals surface area contributed by atoms with Crippen LogP contribution in [0.4, 0.5) is 4.79 Å². The fourth-order valence-electron chi connectivity index (χ4n) is 3.04. The fraction of sp³-hybridized carbons (Fsp3) is 0.727. The number of hydrogen-bond donors (Lipinski definition) is 3. The molecule has 3 rings (SSSR count). The van der Waals surface area contributed by atoms with Crippen molar-refractivity contribution in [3.05, 3.63) is 0 Å². The van der Waals surface area contributed by atoms with Gasteiger partial charge in [0, 0.05) is 13.1 Å². The van der Waals surface area contributed by atoms with Crippen LogP contribution in [-0.4, -0.2) is 84.1 Å². The SMILES string of the molecule is O=C(NN1CCNCC1=O)[C@@H]1CCC2CN1C(=O)N2OS(=O)(=O)O. The second-order valence-corrected chi connectivity index (χ2v) is 6.71. The molecular weight excluding hydrogens is 346 g/mol. The summed E-state index contributed by atoms with van der Waals surface area (Å²) >= 11 is 0. The van der Waals surface area contributed by atoms with Gasteiger partial charge in [0.15, 0.2) is 0 Å². The first-order valence-corrected chi connectivity index (χ1v) is 8.71. The lowest BCUT2D eigenvalue weighted by Gasteiger charge is -2.33. The van der Waals surface area contributed by atoms with Crippen LogP contribution in [0.3, 0.4) is 0 Å². The molecule has 12 nitrogen and oxygen atoms in total. The molecule has 0 aromatic rings. The highest BCUT2D eigenvalue weighted by atomic mass is 32.3. The summed E-state index contributed by atoms with van der Waals surface area (Å²) in [5.74, 6) is -0.807. The van der Waals surface area contributed by atoms with Crippen molar-refractivity contribution >= 4 is 28.2 Å². The summed E-state index contributed by atoms with van der Waals surface area (Å²) in [5, 5.41) is 4.63. The highest BCUT2D eigenvalue weighted by Crippen LogP contribution is 2.30. The Kier molecular flexibility index (Phi) is 4.33. The minimum absolute atomic E-state index is 0.0991. The topological polar surface area (TPSA) is 149 Å². The molecular formula is C11H17N5O7S. The molecule has 24 heavy (non-hydrogen) atoms.